The average molecular weight is 143 g/mol. The van der Waals surface area contributed by atoms with Gasteiger partial charge in [-0.3, -0.25) is 0 Å². The fourth-order valence-electron chi connectivity index (χ4n) is 0.479. The van der Waals surface area contributed by atoms with Crippen molar-refractivity contribution in [3.63, 3.8) is 0 Å². The van der Waals surface area contributed by atoms with E-state index in [1.54, 1.807) is 0 Å². The van der Waals surface area contributed by atoms with Gasteiger partial charge in [-0.2, -0.15) is 0 Å². The highest BCUT2D eigenvalue weighted by molar-refractivity contribution is 6.08. The van der Waals surface area contributed by atoms with Gasteiger partial charge in [0, 0.05) is 0 Å². The molecule has 0 aromatic heterocycles. The monoisotopic (exact) mass is 143 g/mol. The van der Waals surface area contributed by atoms with E-state index in [9.17, 15) is 0 Å². The number of rotatable bonds is 4. The zero-order valence-electron chi connectivity index (χ0n) is 8.04. The Morgan fingerprint density at radius 1 is 1.20 bits per heavy atom. The first-order valence-corrected chi connectivity index (χ1v) is 4.54. The van der Waals surface area contributed by atoms with E-state index in [2.05, 4.69) is 33.9 Å². The topological polar surface area (TPSA) is 12.0 Å². The minimum Gasteiger partial charge on any atom is -0.317 e. The van der Waals surface area contributed by atoms with Gasteiger partial charge in [-0.15, -0.1) is 0 Å². The van der Waals surface area contributed by atoms with Crippen molar-refractivity contribution in [3.8, 4) is 0 Å². The van der Waals surface area contributed by atoms with Gasteiger partial charge in [-0.25, -0.2) is 0 Å². The molecule has 0 saturated heterocycles. The summed E-state index contributed by atoms with van der Waals surface area (Å²) in [5.41, 5.74) is 0. The van der Waals surface area contributed by atoms with Gasteiger partial charge in [-0.05, 0) is 19.5 Å². The van der Waals surface area contributed by atoms with Crippen LogP contribution in [0.25, 0.3) is 0 Å². The highest BCUT2D eigenvalue weighted by Crippen LogP contribution is 1.80. The molecule has 0 heterocycles. The van der Waals surface area contributed by atoms with Gasteiger partial charge < -0.3 is 5.32 Å². The summed E-state index contributed by atoms with van der Waals surface area (Å²) in [6.07, 6.45) is 3.86. The van der Waals surface area contributed by atoms with E-state index in [1.165, 1.54) is 25.7 Å². The molecule has 0 atom stereocenters. The molecule has 0 aliphatic heterocycles. The quantitative estimate of drug-likeness (QED) is 0.464. The lowest BCUT2D eigenvalue weighted by Gasteiger charge is -1.95. The van der Waals surface area contributed by atoms with Crippen LogP contribution >= 0.6 is 0 Å². The van der Waals surface area contributed by atoms with Crippen molar-refractivity contribution in [2.45, 2.75) is 39.9 Å². The third kappa shape index (κ3) is 24.4. The van der Waals surface area contributed by atoms with E-state index in [0.29, 0.717) is 0 Å². The number of unbranched alkanes of at least 4 members (excludes halogenated alkanes) is 1. The summed E-state index contributed by atoms with van der Waals surface area (Å²) in [5.74, 6) is 0. The van der Waals surface area contributed by atoms with Crippen LogP contribution in [0, 0.1) is 0 Å². The van der Waals surface area contributed by atoms with Crippen molar-refractivity contribution in [1.82, 2.24) is 5.32 Å². The molecule has 0 amide bonds. The Kier molecular flexibility index (Phi) is 20.3. The van der Waals surface area contributed by atoms with Gasteiger partial charge in [0.2, 0.25) is 0 Å². The van der Waals surface area contributed by atoms with Gasteiger partial charge in [0.25, 0.3) is 0 Å². The number of hydrogen-bond donors (Lipinski definition) is 1. The molecule has 0 aromatic carbocycles. The van der Waals surface area contributed by atoms with Gasteiger partial charge in [-0.1, -0.05) is 33.5 Å². The number of hydrogen-bond acceptors (Lipinski definition) is 1. The first kappa shape index (κ1) is 12.7. The molecule has 0 fully saturated rings. The zero-order chi connectivity index (χ0) is 8.24. The summed E-state index contributed by atoms with van der Waals surface area (Å²) in [6.45, 7) is 8.76. The summed E-state index contributed by atoms with van der Waals surface area (Å²) < 4.78 is 0. The van der Waals surface area contributed by atoms with Gasteiger partial charge in [0.05, 0.1) is 0 Å². The Morgan fingerprint density at radius 2 is 1.70 bits per heavy atom. The Morgan fingerprint density at radius 3 is 2.00 bits per heavy atom. The van der Waals surface area contributed by atoms with Crippen LogP contribution in [-0.4, -0.2) is 20.9 Å². The van der Waals surface area contributed by atoms with E-state index < -0.39 is 0 Å². The van der Waals surface area contributed by atoms with Crippen molar-refractivity contribution < 1.29 is 0 Å². The maximum Gasteiger partial charge on any atom is 0.101 e. The molecule has 2 heteroatoms. The van der Waals surface area contributed by atoms with Crippen LogP contribution in [0.1, 0.15) is 33.6 Å². The van der Waals surface area contributed by atoms with Crippen molar-refractivity contribution >= 4 is 7.85 Å². The van der Waals surface area contributed by atoms with E-state index in [-0.39, 0.29) is 0 Å². The average Bonchev–Trinajstić information content (AvgIpc) is 1.91. The molecule has 0 aromatic rings. The molecular weight excluding hydrogens is 121 g/mol. The summed E-state index contributed by atoms with van der Waals surface area (Å²) in [6, 6.07) is 0. The molecular formula is C8H22BN. The highest BCUT2D eigenvalue weighted by Gasteiger charge is 1.77. The third-order valence-electron chi connectivity index (χ3n) is 0.957. The van der Waals surface area contributed by atoms with E-state index in [1.807, 2.05) is 0 Å². The molecule has 0 radical (unpaired) electrons. The molecule has 0 unspecified atom stereocenters. The van der Waals surface area contributed by atoms with Crippen molar-refractivity contribution in [2.24, 2.45) is 0 Å². The maximum atomic E-state index is 3.25. The van der Waals surface area contributed by atoms with Crippen LogP contribution in [-0.2, 0) is 0 Å². The predicted octanol–water partition coefficient (Wildman–Crippen LogP) is 1.45. The van der Waals surface area contributed by atoms with Crippen LogP contribution in [0.3, 0.4) is 0 Å². The molecule has 1 nitrogen and oxygen atoms in total. The second kappa shape index (κ2) is 16.0. The molecule has 0 spiro atoms. The van der Waals surface area contributed by atoms with Gasteiger partial charge in [0.15, 0.2) is 0 Å². The molecule has 0 aliphatic rings. The minimum absolute atomic E-state index is 1.11. The van der Waals surface area contributed by atoms with Crippen LogP contribution in [0.15, 0.2) is 0 Å². The lowest BCUT2D eigenvalue weighted by atomic mass is 10.1. The molecule has 62 valence electrons. The maximum absolute atomic E-state index is 3.25. The molecule has 0 bridgehead atoms. The molecule has 1 N–H and O–H groups in total. The first-order chi connectivity index (χ1) is 4.83. The van der Waals surface area contributed by atoms with Crippen LogP contribution in [0.4, 0.5) is 0 Å². The minimum atomic E-state index is 1.11. The molecule has 0 aliphatic carbocycles. The summed E-state index contributed by atoms with van der Waals surface area (Å²) >= 11 is 0. The normalized spacial score (nSPS) is 8.30. The standard InChI is InChI=1S/C6H15N.C2H7B/c1-3-5-6-7-4-2;1-2-3/h7H,3-6H2,1-2H3;2-3H2,1H3. The predicted molar refractivity (Wildman–Crippen MR) is 52.5 cm³/mol. The Labute approximate surface area is 67.0 Å². The Bertz CT molecular complexity index is 36.2. The lowest BCUT2D eigenvalue weighted by molar-refractivity contribution is 0.663. The van der Waals surface area contributed by atoms with Crippen LogP contribution in [0.5, 0.6) is 0 Å². The first-order valence-electron chi connectivity index (χ1n) is 4.54. The zero-order valence-corrected chi connectivity index (χ0v) is 8.04. The Hall–Kier alpha value is 0.0249. The molecule has 0 rings (SSSR count). The summed E-state index contributed by atoms with van der Waals surface area (Å²) in [5, 5.41) is 3.25. The fraction of sp³-hybridized carbons (Fsp3) is 1.00. The van der Waals surface area contributed by atoms with Gasteiger partial charge in [0.1, 0.15) is 7.85 Å². The second-order valence-corrected chi connectivity index (χ2v) is 2.41. The molecule has 10 heavy (non-hydrogen) atoms. The van der Waals surface area contributed by atoms with Crippen molar-refractivity contribution in [2.75, 3.05) is 13.1 Å². The van der Waals surface area contributed by atoms with Crippen LogP contribution in [0.2, 0.25) is 6.32 Å². The van der Waals surface area contributed by atoms with E-state index in [0.717, 1.165) is 6.54 Å². The van der Waals surface area contributed by atoms with E-state index >= 15 is 0 Å². The SMILES string of the molecule is BCC.CCCCNCC. The molecule has 0 saturated carbocycles. The van der Waals surface area contributed by atoms with Crippen LogP contribution < -0.4 is 5.32 Å². The van der Waals surface area contributed by atoms with Crippen molar-refractivity contribution in [1.29, 1.82) is 0 Å². The number of nitrogens with one attached hydrogen (secondary N) is 1. The summed E-state index contributed by atoms with van der Waals surface area (Å²) in [4.78, 5) is 0. The second-order valence-electron chi connectivity index (χ2n) is 2.41. The van der Waals surface area contributed by atoms with Crippen molar-refractivity contribution in [3.05, 3.63) is 0 Å². The summed E-state index contributed by atoms with van der Waals surface area (Å²) in [7, 11) is 2.12. The Balaban J connectivity index is 0. The highest BCUT2D eigenvalue weighted by atomic mass is 14.8. The van der Waals surface area contributed by atoms with E-state index in [4.69, 9.17) is 0 Å². The smallest absolute Gasteiger partial charge is 0.101 e. The fourth-order valence-corrected chi connectivity index (χ4v) is 0.479. The third-order valence-corrected chi connectivity index (χ3v) is 0.957. The van der Waals surface area contributed by atoms with Gasteiger partial charge >= 0.3 is 0 Å². The largest absolute Gasteiger partial charge is 0.317 e. The lowest BCUT2D eigenvalue weighted by Crippen LogP contribution is -2.13.